The van der Waals surface area contributed by atoms with Crippen molar-refractivity contribution in [3.63, 3.8) is 0 Å². The molecule has 134 valence electrons. The molecular weight excluding hydrogens is 320 g/mol. The Morgan fingerprint density at radius 1 is 1.20 bits per heavy atom. The van der Waals surface area contributed by atoms with Gasteiger partial charge in [0, 0.05) is 12.6 Å². The van der Waals surface area contributed by atoms with Crippen LogP contribution in [-0.4, -0.2) is 41.4 Å². The van der Waals surface area contributed by atoms with Gasteiger partial charge in [-0.3, -0.25) is 24.6 Å². The maximum absolute atomic E-state index is 12.9. The van der Waals surface area contributed by atoms with E-state index in [4.69, 9.17) is 4.74 Å². The lowest BCUT2D eigenvalue weighted by Gasteiger charge is -2.28. The third-order valence-corrected chi connectivity index (χ3v) is 5.33. The fourth-order valence-electron chi connectivity index (χ4n) is 4.04. The van der Waals surface area contributed by atoms with Crippen LogP contribution in [0.3, 0.4) is 0 Å². The van der Waals surface area contributed by atoms with Gasteiger partial charge in [-0.1, -0.05) is 29.8 Å². The monoisotopic (exact) mass is 344 g/mol. The van der Waals surface area contributed by atoms with Crippen molar-refractivity contribution >= 4 is 17.8 Å². The first-order chi connectivity index (χ1) is 11.8. The lowest BCUT2D eigenvalue weighted by Crippen LogP contribution is -2.54. The van der Waals surface area contributed by atoms with Crippen molar-refractivity contribution in [3.05, 3.63) is 35.4 Å². The molecule has 2 aliphatic heterocycles. The van der Waals surface area contributed by atoms with Crippen LogP contribution in [0.4, 0.5) is 0 Å². The molecule has 2 heterocycles. The van der Waals surface area contributed by atoms with Crippen LogP contribution in [0, 0.1) is 18.8 Å². The van der Waals surface area contributed by atoms with Gasteiger partial charge >= 0.3 is 5.97 Å². The Labute approximate surface area is 147 Å². The van der Waals surface area contributed by atoms with Crippen molar-refractivity contribution < 1.29 is 19.1 Å². The molecule has 0 spiro atoms. The number of hydrogen-bond donors (Lipinski definition) is 1. The van der Waals surface area contributed by atoms with Crippen LogP contribution in [0.1, 0.15) is 37.9 Å². The Kier molecular flexibility index (Phi) is 4.41. The van der Waals surface area contributed by atoms with Crippen LogP contribution >= 0.6 is 0 Å². The molecule has 4 atom stereocenters. The zero-order chi connectivity index (χ0) is 18.4. The Morgan fingerprint density at radius 2 is 1.84 bits per heavy atom. The minimum Gasteiger partial charge on any atom is -0.465 e. The number of hydrogen-bond acceptors (Lipinski definition) is 5. The Hall–Kier alpha value is -2.21. The van der Waals surface area contributed by atoms with E-state index in [0.717, 1.165) is 11.1 Å². The van der Waals surface area contributed by atoms with Gasteiger partial charge in [0.05, 0.1) is 18.4 Å². The number of ether oxygens (including phenoxy) is 1. The van der Waals surface area contributed by atoms with Crippen molar-refractivity contribution in [2.24, 2.45) is 11.8 Å². The molecule has 0 aromatic heterocycles. The first kappa shape index (κ1) is 17.6. The number of nitrogens with one attached hydrogen (secondary N) is 1. The molecule has 3 unspecified atom stereocenters. The molecule has 1 aromatic rings. The van der Waals surface area contributed by atoms with Gasteiger partial charge in [-0.2, -0.15) is 0 Å². The Bertz CT molecular complexity index is 715. The highest BCUT2D eigenvalue weighted by Crippen LogP contribution is 2.48. The molecule has 1 N–H and O–H groups in total. The van der Waals surface area contributed by atoms with E-state index in [9.17, 15) is 14.4 Å². The number of esters is 1. The molecule has 0 aliphatic carbocycles. The normalized spacial score (nSPS) is 31.4. The summed E-state index contributed by atoms with van der Waals surface area (Å²) in [6, 6.07) is 7.41. The molecule has 3 rings (SSSR count). The average molecular weight is 344 g/mol. The fraction of sp³-hybridized carbons (Fsp3) is 0.526. The van der Waals surface area contributed by atoms with Crippen LogP contribution in [0.15, 0.2) is 24.3 Å². The van der Waals surface area contributed by atoms with Crippen LogP contribution in [0.5, 0.6) is 0 Å². The minimum absolute atomic E-state index is 0.219. The number of benzene rings is 1. The highest BCUT2D eigenvalue weighted by Gasteiger charge is 2.66. The fourth-order valence-corrected chi connectivity index (χ4v) is 4.04. The van der Waals surface area contributed by atoms with Crippen LogP contribution in [0.2, 0.25) is 0 Å². The van der Waals surface area contributed by atoms with Crippen molar-refractivity contribution in [1.82, 2.24) is 10.2 Å². The zero-order valence-corrected chi connectivity index (χ0v) is 15.0. The van der Waals surface area contributed by atoms with Gasteiger partial charge in [0.15, 0.2) is 0 Å². The number of carbonyl (C=O) groups is 3. The van der Waals surface area contributed by atoms with Gasteiger partial charge in [0.2, 0.25) is 11.8 Å². The maximum atomic E-state index is 12.9. The summed E-state index contributed by atoms with van der Waals surface area (Å²) in [5, 5.41) is 3.25. The summed E-state index contributed by atoms with van der Waals surface area (Å²) in [7, 11) is 0. The number of nitrogens with zero attached hydrogens (tertiary/aromatic N) is 1. The number of likely N-dealkylation sites (tertiary alicyclic amines) is 1. The summed E-state index contributed by atoms with van der Waals surface area (Å²) >= 11 is 0. The molecule has 2 aliphatic rings. The largest absolute Gasteiger partial charge is 0.465 e. The predicted molar refractivity (Wildman–Crippen MR) is 91.5 cm³/mol. The van der Waals surface area contributed by atoms with E-state index in [1.807, 2.05) is 31.2 Å². The number of imide groups is 1. The first-order valence-electron chi connectivity index (χ1n) is 8.71. The van der Waals surface area contributed by atoms with E-state index in [1.165, 1.54) is 4.90 Å². The standard InChI is InChI=1S/C19H24N2O4/c1-5-21-16(22)13-14(17(21)23)19(4,18(24)25-6-2)20-15(13)12-9-7-11(3)8-10-12/h7-10,13-15,20H,5-6H2,1-4H3/t13?,14?,15?,19-/m1/s1. The molecule has 6 heteroatoms. The van der Waals surface area contributed by atoms with E-state index in [1.54, 1.807) is 20.8 Å². The Balaban J connectivity index is 2.07. The number of fused-ring (bicyclic) bond motifs is 1. The number of amides is 2. The van der Waals surface area contributed by atoms with Gasteiger partial charge in [-0.05, 0) is 33.3 Å². The zero-order valence-electron chi connectivity index (χ0n) is 15.0. The topological polar surface area (TPSA) is 75.7 Å². The molecular formula is C19H24N2O4. The third-order valence-electron chi connectivity index (χ3n) is 5.33. The van der Waals surface area contributed by atoms with Gasteiger partial charge in [-0.15, -0.1) is 0 Å². The molecule has 2 saturated heterocycles. The second-order valence-corrected chi connectivity index (χ2v) is 6.88. The summed E-state index contributed by atoms with van der Waals surface area (Å²) in [5.41, 5.74) is 0.788. The summed E-state index contributed by atoms with van der Waals surface area (Å²) in [4.78, 5) is 39.6. The molecule has 0 bridgehead atoms. The predicted octanol–water partition coefficient (Wildman–Crippen LogP) is 1.58. The van der Waals surface area contributed by atoms with E-state index < -0.39 is 29.4 Å². The van der Waals surface area contributed by atoms with Gasteiger partial charge < -0.3 is 4.74 Å². The second kappa shape index (κ2) is 6.26. The summed E-state index contributed by atoms with van der Waals surface area (Å²) < 4.78 is 5.21. The number of rotatable bonds is 4. The van der Waals surface area contributed by atoms with Crippen LogP contribution in [0.25, 0.3) is 0 Å². The summed E-state index contributed by atoms with van der Waals surface area (Å²) in [6.07, 6.45) is 0. The Morgan fingerprint density at radius 3 is 2.40 bits per heavy atom. The quantitative estimate of drug-likeness (QED) is 0.663. The maximum Gasteiger partial charge on any atom is 0.326 e. The lowest BCUT2D eigenvalue weighted by molar-refractivity contribution is -0.155. The van der Waals surface area contributed by atoms with Crippen molar-refractivity contribution in [2.45, 2.75) is 39.3 Å². The molecule has 0 radical (unpaired) electrons. The third kappa shape index (κ3) is 2.56. The van der Waals surface area contributed by atoms with E-state index in [-0.39, 0.29) is 18.4 Å². The SMILES string of the molecule is CCOC(=O)[C@]1(C)NC(c2ccc(C)cc2)C2C(=O)N(CC)C(=O)C21. The van der Waals surface area contributed by atoms with Crippen LogP contribution in [-0.2, 0) is 19.1 Å². The highest BCUT2D eigenvalue weighted by molar-refractivity contribution is 6.09. The smallest absolute Gasteiger partial charge is 0.326 e. The van der Waals surface area contributed by atoms with Gasteiger partial charge in [-0.25, -0.2) is 0 Å². The van der Waals surface area contributed by atoms with Crippen LogP contribution < -0.4 is 5.32 Å². The van der Waals surface area contributed by atoms with E-state index >= 15 is 0 Å². The summed E-state index contributed by atoms with van der Waals surface area (Å²) in [5.74, 6) is -2.34. The number of carbonyl (C=O) groups excluding carboxylic acids is 3. The van der Waals surface area contributed by atoms with Gasteiger partial charge in [0.25, 0.3) is 0 Å². The molecule has 1 aromatic carbocycles. The first-order valence-corrected chi connectivity index (χ1v) is 8.71. The van der Waals surface area contributed by atoms with Crippen molar-refractivity contribution in [3.8, 4) is 0 Å². The van der Waals surface area contributed by atoms with E-state index in [0.29, 0.717) is 6.54 Å². The molecule has 25 heavy (non-hydrogen) atoms. The molecule has 2 fully saturated rings. The molecule has 0 saturated carbocycles. The average Bonchev–Trinajstić information content (AvgIpc) is 3.03. The summed E-state index contributed by atoms with van der Waals surface area (Å²) in [6.45, 7) is 7.69. The minimum atomic E-state index is -1.22. The highest BCUT2D eigenvalue weighted by atomic mass is 16.5. The lowest BCUT2D eigenvalue weighted by atomic mass is 9.80. The number of aryl methyl sites for hydroxylation is 1. The van der Waals surface area contributed by atoms with Crippen molar-refractivity contribution in [2.75, 3.05) is 13.2 Å². The molecule has 6 nitrogen and oxygen atoms in total. The second-order valence-electron chi connectivity index (χ2n) is 6.88. The van der Waals surface area contributed by atoms with Gasteiger partial charge in [0.1, 0.15) is 5.54 Å². The van der Waals surface area contributed by atoms with Crippen molar-refractivity contribution in [1.29, 1.82) is 0 Å². The van der Waals surface area contributed by atoms with E-state index in [2.05, 4.69) is 5.32 Å². The molecule has 2 amide bonds.